The second kappa shape index (κ2) is 11.2. The van der Waals surface area contributed by atoms with Crippen molar-refractivity contribution in [3.05, 3.63) is 42.7 Å². The van der Waals surface area contributed by atoms with Gasteiger partial charge in [0.25, 0.3) is 0 Å². The second-order valence-corrected chi connectivity index (χ2v) is 10.1. The van der Waals surface area contributed by atoms with E-state index in [-0.39, 0.29) is 35.8 Å². The van der Waals surface area contributed by atoms with Crippen LogP contribution in [-0.2, 0) is 24.2 Å². The molecule has 0 fully saturated rings. The average molecular weight is 476 g/mol. The summed E-state index contributed by atoms with van der Waals surface area (Å²) in [6.45, 7) is 1.83. The minimum atomic E-state index is -3.57. The number of nitrogens with zero attached hydrogens (tertiary/aromatic N) is 1. The molecule has 2 N–H and O–H groups in total. The van der Waals surface area contributed by atoms with Crippen molar-refractivity contribution >= 4 is 21.7 Å². The van der Waals surface area contributed by atoms with Crippen molar-refractivity contribution in [1.82, 2.24) is 15.6 Å². The molecule has 1 aliphatic rings. The molecule has 0 unspecified atom stereocenters. The van der Waals surface area contributed by atoms with Crippen LogP contribution in [0.4, 0.5) is 0 Å². The standard InChI is InChI=1S/C23H29N3O6S/c1-16-14-32-21-9-4-3-7-19(21)17-11-18(13-24-12-17)33(29,30)10-6-5-8-20(23(28)25-16)26-22(27)15-31-2/h3-4,7,9,11-13,16,20H,5-6,8,10,14-15H2,1-2H3,(H,25,28)(H,26,27)/t16-,20+/m1/s1. The Bertz CT molecular complexity index is 1090. The largest absolute Gasteiger partial charge is 0.491 e. The molecule has 2 amide bonds. The van der Waals surface area contributed by atoms with E-state index >= 15 is 0 Å². The van der Waals surface area contributed by atoms with E-state index in [0.717, 1.165) is 0 Å². The third-order valence-corrected chi connectivity index (χ3v) is 7.00. The number of hydrogen-bond acceptors (Lipinski definition) is 7. The molecule has 0 radical (unpaired) electrons. The molecular weight excluding hydrogens is 446 g/mol. The lowest BCUT2D eigenvalue weighted by Crippen LogP contribution is -2.50. The number of fused-ring (bicyclic) bond motifs is 4. The Hall–Kier alpha value is -2.98. The molecule has 0 saturated heterocycles. The van der Waals surface area contributed by atoms with Crippen molar-refractivity contribution in [3.63, 3.8) is 0 Å². The Kier molecular flexibility index (Phi) is 8.40. The molecule has 2 bridgehead atoms. The molecule has 1 aromatic heterocycles. The van der Waals surface area contributed by atoms with Crippen LogP contribution in [0.5, 0.6) is 5.75 Å². The number of sulfone groups is 1. The summed E-state index contributed by atoms with van der Waals surface area (Å²) in [6.07, 6.45) is 4.01. The number of nitrogens with one attached hydrogen (secondary N) is 2. The van der Waals surface area contributed by atoms with E-state index in [1.54, 1.807) is 18.3 Å². The number of ether oxygens (including phenoxy) is 2. The number of rotatable bonds is 3. The first kappa shape index (κ1) is 24.7. The topological polar surface area (TPSA) is 124 Å². The summed E-state index contributed by atoms with van der Waals surface area (Å²) in [6, 6.07) is 7.73. The highest BCUT2D eigenvalue weighted by Gasteiger charge is 2.24. The lowest BCUT2D eigenvalue weighted by molar-refractivity contribution is -0.131. The molecule has 2 heterocycles. The van der Waals surface area contributed by atoms with Gasteiger partial charge in [-0.1, -0.05) is 18.2 Å². The van der Waals surface area contributed by atoms with Crippen molar-refractivity contribution in [2.45, 2.75) is 43.2 Å². The maximum absolute atomic E-state index is 12.9. The highest BCUT2D eigenvalue weighted by Crippen LogP contribution is 2.31. The quantitative estimate of drug-likeness (QED) is 0.693. The zero-order valence-corrected chi connectivity index (χ0v) is 19.6. The van der Waals surface area contributed by atoms with Crippen molar-refractivity contribution in [2.75, 3.05) is 26.1 Å². The zero-order valence-electron chi connectivity index (χ0n) is 18.7. The number of aromatic nitrogens is 1. The van der Waals surface area contributed by atoms with Crippen molar-refractivity contribution in [3.8, 4) is 16.9 Å². The molecule has 33 heavy (non-hydrogen) atoms. The Balaban J connectivity index is 1.90. The first-order chi connectivity index (χ1) is 15.8. The molecule has 0 spiro atoms. The van der Waals surface area contributed by atoms with Crippen LogP contribution in [0.3, 0.4) is 0 Å². The van der Waals surface area contributed by atoms with Crippen LogP contribution in [0, 0.1) is 0 Å². The Morgan fingerprint density at radius 1 is 1.27 bits per heavy atom. The van der Waals surface area contributed by atoms with Crippen LogP contribution in [0.15, 0.2) is 47.6 Å². The number of carbonyl (C=O) groups excluding carboxylic acids is 2. The Labute approximate surface area is 193 Å². The third kappa shape index (κ3) is 6.75. The Morgan fingerprint density at radius 3 is 2.85 bits per heavy atom. The van der Waals surface area contributed by atoms with Crippen molar-refractivity contribution in [2.24, 2.45) is 0 Å². The highest BCUT2D eigenvalue weighted by atomic mass is 32.2. The van der Waals surface area contributed by atoms with Gasteiger partial charge < -0.3 is 20.1 Å². The van der Waals surface area contributed by atoms with Crippen LogP contribution < -0.4 is 15.4 Å². The molecule has 2 aromatic rings. The minimum Gasteiger partial charge on any atom is -0.491 e. The molecule has 10 heteroatoms. The number of benzene rings is 1. The summed E-state index contributed by atoms with van der Waals surface area (Å²) < 4.78 is 36.6. The van der Waals surface area contributed by atoms with Gasteiger partial charge in [-0.2, -0.15) is 0 Å². The molecule has 1 aliphatic heterocycles. The van der Waals surface area contributed by atoms with Crippen LogP contribution in [-0.4, -0.2) is 63.4 Å². The van der Waals surface area contributed by atoms with Gasteiger partial charge in [0, 0.05) is 30.6 Å². The van der Waals surface area contributed by atoms with Gasteiger partial charge >= 0.3 is 0 Å². The predicted octanol–water partition coefficient (Wildman–Crippen LogP) is 1.72. The van der Waals surface area contributed by atoms with Gasteiger partial charge in [0.1, 0.15) is 25.0 Å². The summed E-state index contributed by atoms with van der Waals surface area (Å²) in [5, 5.41) is 5.52. The molecule has 3 rings (SSSR count). The number of amides is 2. The summed E-state index contributed by atoms with van der Waals surface area (Å²) in [5.74, 6) is -0.312. The molecule has 178 valence electrons. The van der Waals surface area contributed by atoms with Crippen LogP contribution in [0.2, 0.25) is 0 Å². The lowest BCUT2D eigenvalue weighted by Gasteiger charge is -2.22. The van der Waals surface area contributed by atoms with E-state index in [0.29, 0.717) is 36.1 Å². The fourth-order valence-electron chi connectivity index (χ4n) is 3.56. The number of para-hydroxylation sites is 1. The molecule has 1 aromatic carbocycles. The number of pyridine rings is 1. The summed E-state index contributed by atoms with van der Waals surface area (Å²) in [4.78, 5) is 29.1. The van der Waals surface area contributed by atoms with E-state index < -0.39 is 21.8 Å². The van der Waals surface area contributed by atoms with Crippen LogP contribution in [0.1, 0.15) is 26.2 Å². The highest BCUT2D eigenvalue weighted by molar-refractivity contribution is 7.91. The average Bonchev–Trinajstić information content (AvgIpc) is 2.79. The summed E-state index contributed by atoms with van der Waals surface area (Å²) in [5.41, 5.74) is 1.34. The number of carbonyl (C=O) groups is 2. The van der Waals surface area contributed by atoms with E-state index in [2.05, 4.69) is 15.6 Å². The van der Waals surface area contributed by atoms with Gasteiger partial charge in [0.15, 0.2) is 9.84 Å². The fraction of sp³-hybridized carbons (Fsp3) is 0.435. The molecular formula is C23H29N3O6S. The zero-order chi connectivity index (χ0) is 23.8. The monoisotopic (exact) mass is 475 g/mol. The first-order valence-electron chi connectivity index (χ1n) is 10.8. The fourth-order valence-corrected chi connectivity index (χ4v) is 4.91. The third-order valence-electron chi connectivity index (χ3n) is 5.23. The molecule has 0 saturated carbocycles. The normalized spacial score (nSPS) is 21.2. The van der Waals surface area contributed by atoms with Gasteiger partial charge in [-0.15, -0.1) is 0 Å². The number of hydrogen-bond donors (Lipinski definition) is 2. The minimum absolute atomic E-state index is 0.0902. The number of methoxy groups -OCH3 is 1. The van der Waals surface area contributed by atoms with E-state index in [4.69, 9.17) is 9.47 Å². The van der Waals surface area contributed by atoms with Crippen LogP contribution >= 0.6 is 0 Å². The van der Waals surface area contributed by atoms with Crippen molar-refractivity contribution in [1.29, 1.82) is 0 Å². The first-order valence-corrected chi connectivity index (χ1v) is 12.4. The van der Waals surface area contributed by atoms with Gasteiger partial charge in [0.2, 0.25) is 11.8 Å². The molecule has 2 atom stereocenters. The molecule has 9 nitrogen and oxygen atoms in total. The maximum atomic E-state index is 12.9. The van der Waals surface area contributed by atoms with E-state index in [1.807, 2.05) is 25.1 Å². The maximum Gasteiger partial charge on any atom is 0.246 e. The van der Waals surface area contributed by atoms with Gasteiger partial charge in [-0.3, -0.25) is 14.6 Å². The van der Waals surface area contributed by atoms with Crippen molar-refractivity contribution < 1.29 is 27.5 Å². The SMILES string of the molecule is COCC(=O)N[C@H]1CCCCS(=O)(=O)c2cncc(c2)-c2ccccc2OC[C@@H](C)NC1=O. The van der Waals surface area contributed by atoms with E-state index in [1.165, 1.54) is 13.3 Å². The van der Waals surface area contributed by atoms with Crippen LogP contribution in [0.25, 0.3) is 11.1 Å². The second-order valence-electron chi connectivity index (χ2n) is 7.99. The van der Waals surface area contributed by atoms with Gasteiger partial charge in [0.05, 0.1) is 16.7 Å². The Morgan fingerprint density at radius 2 is 2.06 bits per heavy atom. The molecule has 0 aliphatic carbocycles. The predicted molar refractivity (Wildman–Crippen MR) is 122 cm³/mol. The lowest BCUT2D eigenvalue weighted by atomic mass is 10.1. The van der Waals surface area contributed by atoms with Gasteiger partial charge in [-0.25, -0.2) is 8.42 Å². The summed E-state index contributed by atoms with van der Waals surface area (Å²) in [7, 11) is -2.18. The van der Waals surface area contributed by atoms with Gasteiger partial charge in [-0.05, 0) is 38.3 Å². The summed E-state index contributed by atoms with van der Waals surface area (Å²) >= 11 is 0. The van der Waals surface area contributed by atoms with E-state index in [9.17, 15) is 18.0 Å². The smallest absolute Gasteiger partial charge is 0.246 e.